The van der Waals surface area contributed by atoms with Crippen molar-refractivity contribution in [2.45, 2.75) is 24.0 Å². The first-order chi connectivity index (χ1) is 7.38. The van der Waals surface area contributed by atoms with Crippen molar-refractivity contribution in [3.8, 4) is 5.88 Å². The predicted octanol–water partition coefficient (Wildman–Crippen LogP) is 1.75. The van der Waals surface area contributed by atoms with Crippen molar-refractivity contribution in [3.63, 3.8) is 0 Å². The average Bonchev–Trinajstić information content (AvgIpc) is 2.79. The van der Waals surface area contributed by atoms with Crippen molar-refractivity contribution >= 4 is 24.2 Å². The van der Waals surface area contributed by atoms with Crippen LogP contribution in [-0.2, 0) is 0 Å². The molecule has 4 nitrogen and oxygen atoms in total. The first-order valence-corrected chi connectivity index (χ1v) is 6.34. The first-order valence-electron chi connectivity index (χ1n) is 5.11. The maximum Gasteiger partial charge on any atom is 0.217 e. The second kappa shape index (κ2) is 6.93. The summed E-state index contributed by atoms with van der Waals surface area (Å²) in [7, 11) is 0. The van der Waals surface area contributed by atoms with E-state index in [1.165, 1.54) is 24.6 Å². The van der Waals surface area contributed by atoms with Crippen LogP contribution in [0.4, 0.5) is 0 Å². The number of ether oxygens (including phenoxy) is 1. The van der Waals surface area contributed by atoms with Crippen LogP contribution in [0, 0.1) is 0 Å². The molecule has 0 radical (unpaired) electrons. The normalized spacial score (nSPS) is 19.2. The predicted molar refractivity (Wildman–Crippen MR) is 67.6 cm³/mol. The molecule has 0 aliphatic carbocycles. The van der Waals surface area contributed by atoms with Gasteiger partial charge in [-0.1, -0.05) is 11.8 Å². The fourth-order valence-electron chi connectivity index (χ4n) is 1.59. The van der Waals surface area contributed by atoms with Crippen LogP contribution in [0.1, 0.15) is 12.8 Å². The van der Waals surface area contributed by atoms with Crippen molar-refractivity contribution in [1.29, 1.82) is 0 Å². The van der Waals surface area contributed by atoms with E-state index in [9.17, 15) is 0 Å². The molecule has 0 bridgehead atoms. The van der Waals surface area contributed by atoms with Gasteiger partial charge in [0.15, 0.2) is 5.16 Å². The summed E-state index contributed by atoms with van der Waals surface area (Å²) in [6.45, 7) is 1.80. The third-order valence-electron chi connectivity index (χ3n) is 2.39. The lowest BCUT2D eigenvalue weighted by atomic mass is 10.2. The molecule has 1 fully saturated rings. The van der Waals surface area contributed by atoms with Gasteiger partial charge in [-0.3, -0.25) is 0 Å². The van der Waals surface area contributed by atoms with Crippen LogP contribution in [-0.4, -0.2) is 35.4 Å². The van der Waals surface area contributed by atoms with Gasteiger partial charge in [-0.2, -0.15) is 4.98 Å². The monoisotopic (exact) mass is 261 g/mol. The summed E-state index contributed by atoms with van der Waals surface area (Å²) in [5, 5.41) is 4.14. The quantitative estimate of drug-likeness (QED) is 0.661. The van der Waals surface area contributed by atoms with Crippen molar-refractivity contribution in [1.82, 2.24) is 15.3 Å². The molecule has 1 aromatic rings. The van der Waals surface area contributed by atoms with Gasteiger partial charge in [-0.25, -0.2) is 4.98 Å². The molecule has 0 amide bonds. The molecule has 1 aromatic heterocycles. The van der Waals surface area contributed by atoms with Crippen LogP contribution in [0.15, 0.2) is 17.4 Å². The topological polar surface area (TPSA) is 47.0 Å². The molecule has 2 heterocycles. The molecule has 16 heavy (non-hydrogen) atoms. The van der Waals surface area contributed by atoms with Gasteiger partial charge in [0.25, 0.3) is 0 Å². The zero-order chi connectivity index (χ0) is 10.5. The summed E-state index contributed by atoms with van der Waals surface area (Å²) in [6.07, 6.45) is 6.13. The van der Waals surface area contributed by atoms with Gasteiger partial charge in [0.05, 0.1) is 0 Å². The lowest BCUT2D eigenvalue weighted by Gasteiger charge is -2.11. The van der Waals surface area contributed by atoms with Crippen LogP contribution in [0.2, 0.25) is 0 Å². The fraction of sp³-hybridized carbons (Fsp3) is 0.600. The summed E-state index contributed by atoms with van der Waals surface area (Å²) in [6, 6.07) is 2.28. The van der Waals surface area contributed by atoms with Crippen LogP contribution in [0.25, 0.3) is 0 Å². The minimum Gasteiger partial charge on any atom is -0.476 e. The summed E-state index contributed by atoms with van der Waals surface area (Å²) < 4.78 is 5.61. The van der Waals surface area contributed by atoms with Gasteiger partial charge < -0.3 is 10.1 Å². The van der Waals surface area contributed by atoms with Gasteiger partial charge in [-0.15, -0.1) is 12.4 Å². The number of nitrogens with zero attached hydrogens (tertiary/aromatic N) is 2. The summed E-state index contributed by atoms with van der Waals surface area (Å²) in [5.41, 5.74) is 0. The van der Waals surface area contributed by atoms with Crippen LogP contribution in [0.5, 0.6) is 5.88 Å². The van der Waals surface area contributed by atoms with E-state index in [0.717, 1.165) is 11.7 Å². The third-order valence-corrected chi connectivity index (χ3v) is 2.95. The summed E-state index contributed by atoms with van der Waals surface area (Å²) in [5.74, 6) is 0.669. The largest absolute Gasteiger partial charge is 0.476 e. The molecule has 0 aromatic carbocycles. The van der Waals surface area contributed by atoms with Crippen molar-refractivity contribution in [3.05, 3.63) is 12.3 Å². The molecule has 1 atom stereocenters. The van der Waals surface area contributed by atoms with E-state index >= 15 is 0 Å². The van der Waals surface area contributed by atoms with Gasteiger partial charge in [0.2, 0.25) is 5.88 Å². The second-order valence-electron chi connectivity index (χ2n) is 3.49. The van der Waals surface area contributed by atoms with Crippen molar-refractivity contribution in [2.24, 2.45) is 0 Å². The molecule has 1 aliphatic rings. The summed E-state index contributed by atoms with van der Waals surface area (Å²) in [4.78, 5) is 8.35. The lowest BCUT2D eigenvalue weighted by molar-refractivity contribution is 0.265. The average molecular weight is 262 g/mol. The number of rotatable bonds is 4. The Morgan fingerprint density at radius 1 is 1.62 bits per heavy atom. The summed E-state index contributed by atoms with van der Waals surface area (Å²) >= 11 is 1.52. The van der Waals surface area contributed by atoms with E-state index < -0.39 is 0 Å². The SMILES string of the molecule is CSc1nccc(OCC2CCCN2)n1.Cl. The highest BCUT2D eigenvalue weighted by atomic mass is 35.5. The van der Waals surface area contributed by atoms with Gasteiger partial charge >= 0.3 is 0 Å². The Morgan fingerprint density at radius 2 is 2.50 bits per heavy atom. The number of nitrogens with one attached hydrogen (secondary N) is 1. The Labute approximate surface area is 106 Å². The molecule has 2 rings (SSSR count). The van der Waals surface area contributed by atoms with Gasteiger partial charge in [0.1, 0.15) is 6.61 Å². The van der Waals surface area contributed by atoms with E-state index in [2.05, 4.69) is 15.3 Å². The Hall–Kier alpha value is -0.520. The van der Waals surface area contributed by atoms with E-state index in [0.29, 0.717) is 18.5 Å². The van der Waals surface area contributed by atoms with E-state index in [1.807, 2.05) is 6.26 Å². The van der Waals surface area contributed by atoms with Crippen LogP contribution >= 0.6 is 24.2 Å². The molecule has 1 unspecified atom stereocenters. The molecule has 1 N–H and O–H groups in total. The minimum atomic E-state index is 0. The number of hydrogen-bond donors (Lipinski definition) is 1. The highest BCUT2D eigenvalue weighted by Gasteiger charge is 2.14. The van der Waals surface area contributed by atoms with E-state index in [-0.39, 0.29) is 12.4 Å². The highest BCUT2D eigenvalue weighted by molar-refractivity contribution is 7.98. The molecule has 1 saturated heterocycles. The third kappa shape index (κ3) is 3.81. The lowest BCUT2D eigenvalue weighted by Crippen LogP contribution is -2.28. The number of thioether (sulfide) groups is 1. The van der Waals surface area contributed by atoms with Crippen molar-refractivity contribution < 1.29 is 4.74 Å². The zero-order valence-corrected chi connectivity index (χ0v) is 10.8. The van der Waals surface area contributed by atoms with Gasteiger partial charge in [-0.05, 0) is 25.6 Å². The zero-order valence-electron chi connectivity index (χ0n) is 9.18. The minimum absolute atomic E-state index is 0. The molecular weight excluding hydrogens is 246 g/mol. The van der Waals surface area contributed by atoms with Gasteiger partial charge in [0, 0.05) is 18.3 Å². The Bertz CT molecular complexity index is 321. The van der Waals surface area contributed by atoms with Crippen LogP contribution < -0.4 is 10.1 Å². The number of halogens is 1. The Kier molecular flexibility index (Phi) is 5.87. The second-order valence-corrected chi connectivity index (χ2v) is 4.26. The van der Waals surface area contributed by atoms with E-state index in [1.54, 1.807) is 12.3 Å². The first kappa shape index (κ1) is 13.5. The van der Waals surface area contributed by atoms with E-state index in [4.69, 9.17) is 4.74 Å². The smallest absolute Gasteiger partial charge is 0.217 e. The Morgan fingerprint density at radius 3 is 3.19 bits per heavy atom. The number of hydrogen-bond acceptors (Lipinski definition) is 5. The highest BCUT2D eigenvalue weighted by Crippen LogP contribution is 2.13. The fourth-order valence-corrected chi connectivity index (χ4v) is 1.94. The standard InChI is InChI=1S/C10H15N3OS.ClH/c1-15-10-12-6-4-9(13-10)14-7-8-3-2-5-11-8;/h4,6,8,11H,2-3,5,7H2,1H3;1H. The maximum atomic E-state index is 5.61. The maximum absolute atomic E-state index is 5.61. The molecule has 90 valence electrons. The number of aromatic nitrogens is 2. The molecule has 0 saturated carbocycles. The molecular formula is C10H16ClN3OS. The molecule has 1 aliphatic heterocycles. The van der Waals surface area contributed by atoms with Crippen LogP contribution in [0.3, 0.4) is 0 Å². The Balaban J connectivity index is 0.00000128. The van der Waals surface area contributed by atoms with Crippen molar-refractivity contribution in [2.75, 3.05) is 19.4 Å². The molecule has 0 spiro atoms. The molecule has 6 heteroatoms.